The normalized spacial score (nSPS) is 11.9. The zero-order valence-electron chi connectivity index (χ0n) is 11.3. The van der Waals surface area contributed by atoms with Gasteiger partial charge < -0.3 is 10.4 Å². The average Bonchev–Trinajstić information content (AvgIpc) is 2.38. The smallest absolute Gasteiger partial charge is 0.326 e. The van der Waals surface area contributed by atoms with Gasteiger partial charge in [0.1, 0.15) is 6.04 Å². The molecule has 0 saturated heterocycles. The fourth-order valence-electron chi connectivity index (χ4n) is 1.67. The molecule has 0 radical (unpaired) electrons. The van der Waals surface area contributed by atoms with E-state index in [-0.39, 0.29) is 11.7 Å². The van der Waals surface area contributed by atoms with Gasteiger partial charge in [0.2, 0.25) is 5.91 Å². The van der Waals surface area contributed by atoms with Crippen molar-refractivity contribution in [2.24, 2.45) is 0 Å². The topological polar surface area (TPSA) is 66.4 Å². The summed E-state index contributed by atoms with van der Waals surface area (Å²) in [5.41, 5.74) is 1.04. The maximum absolute atomic E-state index is 11.7. The number of amides is 1. The van der Waals surface area contributed by atoms with Gasteiger partial charge in [0.15, 0.2) is 0 Å². The lowest BCUT2D eigenvalue weighted by Gasteiger charge is -2.13. The molecule has 0 saturated carbocycles. The molecule has 0 aliphatic carbocycles. The van der Waals surface area contributed by atoms with Crippen LogP contribution in [0.1, 0.15) is 25.3 Å². The van der Waals surface area contributed by atoms with Gasteiger partial charge >= 0.3 is 5.97 Å². The summed E-state index contributed by atoms with van der Waals surface area (Å²) in [6.07, 6.45) is 1.16. The van der Waals surface area contributed by atoms with Crippen LogP contribution in [-0.4, -0.2) is 28.8 Å². The molecule has 0 unspecified atom stereocenters. The number of nitrogens with one attached hydrogen (secondary N) is 1. The van der Waals surface area contributed by atoms with Crippen LogP contribution >= 0.6 is 23.4 Å². The van der Waals surface area contributed by atoms with E-state index in [0.717, 1.165) is 5.56 Å². The number of carboxylic acid groups (broad SMARTS) is 1. The summed E-state index contributed by atoms with van der Waals surface area (Å²) in [5, 5.41) is 12.1. The lowest BCUT2D eigenvalue weighted by molar-refractivity contribution is -0.141. The van der Waals surface area contributed by atoms with E-state index in [4.69, 9.17) is 16.7 Å². The third-order valence-corrected chi connectivity index (χ3v) is 3.84. The first-order chi connectivity index (χ1) is 9.52. The van der Waals surface area contributed by atoms with Crippen molar-refractivity contribution in [2.75, 3.05) is 5.75 Å². The molecule has 1 atom stereocenters. The predicted molar refractivity (Wildman–Crippen MR) is 82.1 cm³/mol. The number of hydrogen-bond donors (Lipinski definition) is 2. The van der Waals surface area contributed by atoms with Crippen molar-refractivity contribution in [2.45, 2.75) is 31.6 Å². The molecule has 0 bridgehead atoms. The Balaban J connectivity index is 2.34. The fourth-order valence-corrected chi connectivity index (χ4v) is 2.67. The molecule has 4 nitrogen and oxygen atoms in total. The number of carbonyl (C=O) groups is 2. The van der Waals surface area contributed by atoms with Crippen molar-refractivity contribution < 1.29 is 14.7 Å². The summed E-state index contributed by atoms with van der Waals surface area (Å²) in [5.74, 6) is -0.336. The van der Waals surface area contributed by atoms with E-state index in [0.29, 0.717) is 23.6 Å². The summed E-state index contributed by atoms with van der Waals surface area (Å²) in [7, 11) is 0. The number of benzene rings is 1. The van der Waals surface area contributed by atoms with E-state index in [1.807, 2.05) is 25.1 Å². The summed E-state index contributed by atoms with van der Waals surface area (Å²) in [4.78, 5) is 22.6. The highest BCUT2D eigenvalue weighted by Gasteiger charge is 2.18. The van der Waals surface area contributed by atoms with Gasteiger partial charge in [-0.25, -0.2) is 4.79 Å². The lowest BCUT2D eigenvalue weighted by atomic mass is 10.2. The van der Waals surface area contributed by atoms with Crippen LogP contribution in [0.4, 0.5) is 0 Å². The Morgan fingerprint density at radius 1 is 1.45 bits per heavy atom. The second-order valence-corrected chi connectivity index (χ2v) is 5.79. The third-order valence-electron chi connectivity index (χ3n) is 2.60. The largest absolute Gasteiger partial charge is 0.480 e. The molecule has 0 aliphatic rings. The zero-order valence-corrected chi connectivity index (χ0v) is 12.8. The molecule has 1 amide bonds. The second-order valence-electron chi connectivity index (χ2n) is 4.37. The molecule has 0 heterocycles. The van der Waals surface area contributed by atoms with Crippen LogP contribution in [0.15, 0.2) is 24.3 Å². The summed E-state index contributed by atoms with van der Waals surface area (Å²) in [6.45, 7) is 1.88. The van der Waals surface area contributed by atoms with Gasteiger partial charge in [0.25, 0.3) is 0 Å². The molecule has 0 aromatic heterocycles. The first-order valence-electron chi connectivity index (χ1n) is 6.37. The van der Waals surface area contributed by atoms with Crippen LogP contribution in [0.25, 0.3) is 0 Å². The van der Waals surface area contributed by atoms with E-state index in [1.54, 1.807) is 6.07 Å². The monoisotopic (exact) mass is 315 g/mol. The molecule has 1 aromatic rings. The van der Waals surface area contributed by atoms with Crippen LogP contribution in [-0.2, 0) is 15.3 Å². The SMILES string of the molecule is CCC[C@@H](NC(=O)CSCc1cccc(Cl)c1)C(=O)O. The van der Waals surface area contributed by atoms with E-state index >= 15 is 0 Å². The maximum Gasteiger partial charge on any atom is 0.326 e. The molecule has 6 heteroatoms. The lowest BCUT2D eigenvalue weighted by Crippen LogP contribution is -2.41. The summed E-state index contributed by atoms with van der Waals surface area (Å²) < 4.78 is 0. The first kappa shape index (κ1) is 16.9. The zero-order chi connectivity index (χ0) is 15.0. The number of rotatable bonds is 8. The molecule has 0 fully saturated rings. The van der Waals surface area contributed by atoms with Gasteiger partial charge in [-0.2, -0.15) is 0 Å². The van der Waals surface area contributed by atoms with Crippen LogP contribution < -0.4 is 5.32 Å². The Hall–Kier alpha value is -1.20. The molecule has 110 valence electrons. The number of carbonyl (C=O) groups excluding carboxylic acids is 1. The minimum atomic E-state index is -0.986. The van der Waals surface area contributed by atoms with Crippen LogP contribution in [0.3, 0.4) is 0 Å². The molecule has 1 rings (SSSR count). The fraction of sp³-hybridized carbons (Fsp3) is 0.429. The van der Waals surface area contributed by atoms with Crippen LogP contribution in [0.2, 0.25) is 5.02 Å². The first-order valence-corrected chi connectivity index (χ1v) is 7.90. The van der Waals surface area contributed by atoms with E-state index in [1.165, 1.54) is 11.8 Å². The number of thioether (sulfide) groups is 1. The predicted octanol–water partition coefficient (Wildman–Crippen LogP) is 2.94. The number of hydrogen-bond acceptors (Lipinski definition) is 3. The molecular weight excluding hydrogens is 298 g/mol. The highest BCUT2D eigenvalue weighted by molar-refractivity contribution is 7.99. The van der Waals surface area contributed by atoms with E-state index < -0.39 is 12.0 Å². The number of aliphatic carboxylic acids is 1. The van der Waals surface area contributed by atoms with Crippen molar-refractivity contribution in [1.82, 2.24) is 5.32 Å². The summed E-state index contributed by atoms with van der Waals surface area (Å²) >= 11 is 7.30. The van der Waals surface area contributed by atoms with Crippen molar-refractivity contribution in [1.29, 1.82) is 0 Å². The Kier molecular flexibility index (Phi) is 7.47. The van der Waals surface area contributed by atoms with E-state index in [2.05, 4.69) is 5.32 Å². The standard InChI is InChI=1S/C14H18ClNO3S/c1-2-4-12(14(18)19)16-13(17)9-20-8-10-5-3-6-11(15)7-10/h3,5-7,12H,2,4,8-9H2,1H3,(H,16,17)(H,18,19)/t12-/m1/s1. The molecule has 0 aliphatic heterocycles. The quantitative estimate of drug-likeness (QED) is 0.774. The molecule has 20 heavy (non-hydrogen) atoms. The minimum Gasteiger partial charge on any atom is -0.480 e. The molecule has 2 N–H and O–H groups in total. The maximum atomic E-state index is 11.7. The number of halogens is 1. The highest BCUT2D eigenvalue weighted by Crippen LogP contribution is 2.16. The highest BCUT2D eigenvalue weighted by atomic mass is 35.5. The minimum absolute atomic E-state index is 0.236. The van der Waals surface area contributed by atoms with Gasteiger partial charge in [-0.15, -0.1) is 11.8 Å². The van der Waals surface area contributed by atoms with Crippen molar-refractivity contribution in [3.05, 3.63) is 34.9 Å². The molecule has 1 aromatic carbocycles. The van der Waals surface area contributed by atoms with Gasteiger partial charge in [-0.3, -0.25) is 4.79 Å². The van der Waals surface area contributed by atoms with Crippen LogP contribution in [0.5, 0.6) is 0 Å². The van der Waals surface area contributed by atoms with E-state index in [9.17, 15) is 9.59 Å². The Morgan fingerprint density at radius 2 is 2.20 bits per heavy atom. The Labute approximate surface area is 127 Å². The molecular formula is C14H18ClNO3S. The van der Waals surface area contributed by atoms with Gasteiger partial charge in [0, 0.05) is 10.8 Å². The number of carboxylic acids is 1. The second kappa shape index (κ2) is 8.87. The van der Waals surface area contributed by atoms with Gasteiger partial charge in [0.05, 0.1) is 5.75 Å². The van der Waals surface area contributed by atoms with Crippen molar-refractivity contribution >= 4 is 35.2 Å². The third kappa shape index (κ3) is 6.30. The van der Waals surface area contributed by atoms with Crippen molar-refractivity contribution in [3.63, 3.8) is 0 Å². The van der Waals surface area contributed by atoms with Crippen molar-refractivity contribution in [3.8, 4) is 0 Å². The van der Waals surface area contributed by atoms with Gasteiger partial charge in [-0.05, 0) is 24.1 Å². The Bertz CT molecular complexity index is 467. The average molecular weight is 316 g/mol. The molecule has 0 spiro atoms. The van der Waals surface area contributed by atoms with Crippen LogP contribution in [0, 0.1) is 0 Å². The Morgan fingerprint density at radius 3 is 2.80 bits per heavy atom. The van der Waals surface area contributed by atoms with Gasteiger partial charge in [-0.1, -0.05) is 37.1 Å². The summed E-state index contributed by atoms with van der Waals surface area (Å²) in [6, 6.07) is 6.65.